The molecule has 0 unspecified atom stereocenters. The van der Waals surface area contributed by atoms with Crippen molar-refractivity contribution in [1.29, 1.82) is 0 Å². The predicted octanol–water partition coefficient (Wildman–Crippen LogP) is 2.81. The summed E-state index contributed by atoms with van der Waals surface area (Å²) < 4.78 is 0. The Morgan fingerprint density at radius 3 is 1.77 bits per heavy atom. The molecule has 0 atom stereocenters. The van der Waals surface area contributed by atoms with Crippen molar-refractivity contribution < 1.29 is 0 Å². The fourth-order valence-electron chi connectivity index (χ4n) is 3.37. The largest absolute Gasteiger partial charge is 0.349 e. The summed E-state index contributed by atoms with van der Waals surface area (Å²) in [7, 11) is 15.7. The van der Waals surface area contributed by atoms with Crippen LogP contribution in [0.2, 0.25) is 0 Å². The molecule has 2 rings (SSSR count). The van der Waals surface area contributed by atoms with E-state index in [9.17, 15) is 0 Å². The first-order valence-corrected chi connectivity index (χ1v) is 8.60. The smallest absolute Gasteiger partial charge is 0.200 e. The van der Waals surface area contributed by atoms with Crippen molar-refractivity contribution in [3.63, 3.8) is 0 Å². The summed E-state index contributed by atoms with van der Waals surface area (Å²) >= 11 is 0. The molecule has 6 heteroatoms. The second-order valence-electron chi connectivity index (χ2n) is 6.61. The van der Waals surface area contributed by atoms with Gasteiger partial charge in [0.25, 0.3) is 0 Å². The highest BCUT2D eigenvalue weighted by molar-refractivity contribution is 6.12. The molecular weight excluding hydrogens is 324 g/mol. The fraction of sp³-hybridized carbons (Fsp3) is 0.400. The summed E-state index contributed by atoms with van der Waals surface area (Å²) in [5.74, 6) is 1.77. The number of rotatable bonds is 2. The fourth-order valence-corrected chi connectivity index (χ4v) is 3.37. The minimum Gasteiger partial charge on any atom is -0.349 e. The summed E-state index contributed by atoms with van der Waals surface area (Å²) in [5, 5.41) is 2.37. The molecule has 0 fully saturated rings. The van der Waals surface area contributed by atoms with Crippen molar-refractivity contribution >= 4 is 34.1 Å². The maximum Gasteiger partial charge on any atom is 0.200 e. The molecule has 0 amide bonds. The molecule has 140 valence electrons. The van der Waals surface area contributed by atoms with Crippen molar-refractivity contribution in [2.75, 3.05) is 66.2 Å². The highest BCUT2D eigenvalue weighted by Gasteiger charge is 2.22. The Balaban J connectivity index is 2.76. The summed E-state index contributed by atoms with van der Waals surface area (Å²) in [6.07, 6.45) is 0. The molecule has 2 aromatic carbocycles. The van der Waals surface area contributed by atoms with Gasteiger partial charge in [0.1, 0.15) is 0 Å². The molecule has 0 aliphatic carbocycles. The van der Waals surface area contributed by atoms with Crippen LogP contribution >= 0.6 is 0 Å². The molecule has 0 radical (unpaired) electrons. The van der Waals surface area contributed by atoms with Crippen LogP contribution in [0.15, 0.2) is 46.4 Å². The average Bonchev–Trinajstić information content (AvgIpc) is 2.60. The molecule has 0 bridgehead atoms. The Bertz CT molecular complexity index is 822. The Kier molecular flexibility index (Phi) is 6.08. The van der Waals surface area contributed by atoms with Crippen molar-refractivity contribution in [3.8, 4) is 0 Å². The molecule has 0 aliphatic rings. The van der Waals surface area contributed by atoms with Gasteiger partial charge in [-0.2, -0.15) is 0 Å². The van der Waals surface area contributed by atoms with Crippen LogP contribution in [0.25, 0.3) is 10.8 Å². The molecule has 0 heterocycles. The van der Waals surface area contributed by atoms with E-state index in [4.69, 9.17) is 0 Å². The van der Waals surface area contributed by atoms with Gasteiger partial charge in [0.05, 0.1) is 11.4 Å². The first kappa shape index (κ1) is 19.6. The van der Waals surface area contributed by atoms with Crippen LogP contribution in [-0.2, 0) is 0 Å². The van der Waals surface area contributed by atoms with Gasteiger partial charge in [-0.05, 0) is 11.5 Å². The Labute approximate surface area is 157 Å². The highest BCUT2D eigenvalue weighted by atomic mass is 15.4. The van der Waals surface area contributed by atoms with Gasteiger partial charge in [-0.1, -0.05) is 30.3 Å². The Morgan fingerprint density at radius 2 is 1.23 bits per heavy atom. The van der Waals surface area contributed by atoms with Crippen LogP contribution < -0.4 is 9.80 Å². The topological polar surface area (TPSA) is 37.7 Å². The lowest BCUT2D eigenvalue weighted by Crippen LogP contribution is -2.41. The highest BCUT2D eigenvalue weighted by Crippen LogP contribution is 2.36. The third-order valence-corrected chi connectivity index (χ3v) is 4.38. The lowest BCUT2D eigenvalue weighted by Gasteiger charge is -2.33. The van der Waals surface area contributed by atoms with E-state index in [-0.39, 0.29) is 0 Å². The summed E-state index contributed by atoms with van der Waals surface area (Å²) in [6.45, 7) is 0. The molecule has 0 saturated carbocycles. The number of anilines is 2. The van der Waals surface area contributed by atoms with E-state index in [1.54, 1.807) is 0 Å². The summed E-state index contributed by atoms with van der Waals surface area (Å²) in [5.41, 5.74) is 2.17. The van der Waals surface area contributed by atoms with Gasteiger partial charge in [0.15, 0.2) is 11.9 Å². The molecule has 6 nitrogen and oxygen atoms in total. The number of aliphatic imine (C=N–C) groups is 2. The molecule has 0 aliphatic heterocycles. The van der Waals surface area contributed by atoms with E-state index in [1.807, 2.05) is 59.1 Å². The second-order valence-corrected chi connectivity index (χ2v) is 6.61. The van der Waals surface area contributed by atoms with Crippen molar-refractivity contribution in [1.82, 2.24) is 9.80 Å². The molecule has 2 aromatic rings. The van der Waals surface area contributed by atoms with Crippen LogP contribution in [0, 0.1) is 0 Å². The molecular formula is C20H30N6. The van der Waals surface area contributed by atoms with E-state index < -0.39 is 0 Å². The maximum atomic E-state index is 4.48. The van der Waals surface area contributed by atoms with Crippen LogP contribution in [-0.4, -0.2) is 78.1 Å². The van der Waals surface area contributed by atoms with Gasteiger partial charge in [-0.3, -0.25) is 9.98 Å². The SMILES string of the molecule is CN=C(N(C)C)N(C)c1ccc2ccccc2c1N(C)C(=NC)N(C)C. The Morgan fingerprint density at radius 1 is 0.692 bits per heavy atom. The maximum absolute atomic E-state index is 4.48. The standard InChI is InChI=1S/C20H30N6/c1-21-19(23(3)4)25(7)17-14-13-15-11-9-10-12-16(15)18(17)26(8)20(22-2)24(5)6/h9-14H,1-8H3. The number of fused-ring (bicyclic) bond motifs is 1. The van der Waals surface area contributed by atoms with E-state index in [0.717, 1.165) is 23.3 Å². The van der Waals surface area contributed by atoms with Crippen LogP contribution in [0.4, 0.5) is 11.4 Å². The monoisotopic (exact) mass is 354 g/mol. The van der Waals surface area contributed by atoms with Gasteiger partial charge in [0, 0.05) is 61.8 Å². The van der Waals surface area contributed by atoms with E-state index >= 15 is 0 Å². The van der Waals surface area contributed by atoms with Gasteiger partial charge < -0.3 is 19.6 Å². The van der Waals surface area contributed by atoms with Crippen LogP contribution in [0.3, 0.4) is 0 Å². The zero-order valence-corrected chi connectivity index (χ0v) is 17.1. The zero-order chi connectivity index (χ0) is 19.4. The normalized spacial score (nSPS) is 12.3. The number of nitrogens with zero attached hydrogens (tertiary/aromatic N) is 6. The van der Waals surface area contributed by atoms with Crippen molar-refractivity contribution in [2.45, 2.75) is 0 Å². The van der Waals surface area contributed by atoms with E-state index in [1.165, 1.54) is 10.8 Å². The first-order chi connectivity index (χ1) is 12.3. The number of hydrogen-bond donors (Lipinski definition) is 0. The molecule has 0 spiro atoms. The molecule has 0 N–H and O–H groups in total. The first-order valence-electron chi connectivity index (χ1n) is 8.60. The molecule has 0 aromatic heterocycles. The Hall–Kier alpha value is -2.76. The van der Waals surface area contributed by atoms with Gasteiger partial charge >= 0.3 is 0 Å². The minimum absolute atomic E-state index is 0.884. The van der Waals surface area contributed by atoms with Crippen molar-refractivity contribution in [3.05, 3.63) is 36.4 Å². The van der Waals surface area contributed by atoms with E-state index in [0.29, 0.717) is 0 Å². The quantitative estimate of drug-likeness (QED) is 0.614. The van der Waals surface area contributed by atoms with Gasteiger partial charge in [-0.25, -0.2) is 0 Å². The number of hydrogen-bond acceptors (Lipinski definition) is 2. The van der Waals surface area contributed by atoms with E-state index in [2.05, 4.69) is 63.2 Å². The zero-order valence-electron chi connectivity index (χ0n) is 17.1. The van der Waals surface area contributed by atoms with Crippen molar-refractivity contribution in [2.24, 2.45) is 9.98 Å². The molecule has 0 saturated heterocycles. The predicted molar refractivity (Wildman–Crippen MR) is 115 cm³/mol. The number of guanidine groups is 2. The van der Waals surface area contributed by atoms with Gasteiger partial charge in [-0.15, -0.1) is 0 Å². The summed E-state index contributed by atoms with van der Waals surface area (Å²) in [6, 6.07) is 12.7. The van der Waals surface area contributed by atoms with Crippen LogP contribution in [0.5, 0.6) is 0 Å². The lowest BCUT2D eigenvalue weighted by molar-refractivity contribution is 0.605. The second kappa shape index (κ2) is 8.08. The minimum atomic E-state index is 0.884. The van der Waals surface area contributed by atoms with Crippen LogP contribution in [0.1, 0.15) is 0 Å². The molecule has 26 heavy (non-hydrogen) atoms. The number of benzene rings is 2. The van der Waals surface area contributed by atoms with Gasteiger partial charge in [0.2, 0.25) is 0 Å². The summed E-state index contributed by atoms with van der Waals surface area (Å²) in [4.78, 5) is 17.2. The average molecular weight is 355 g/mol. The third kappa shape index (κ3) is 3.59. The third-order valence-electron chi connectivity index (χ3n) is 4.38. The lowest BCUT2D eigenvalue weighted by atomic mass is 10.1.